The van der Waals surface area contributed by atoms with Crippen LogP contribution in [-0.4, -0.2) is 26.9 Å². The smallest absolute Gasteiger partial charge is 0.254 e. The van der Waals surface area contributed by atoms with Crippen LogP contribution in [0.3, 0.4) is 0 Å². The highest BCUT2D eigenvalue weighted by Gasteiger charge is 2.23. The molecule has 1 aliphatic rings. The number of halogens is 2. The van der Waals surface area contributed by atoms with Crippen LogP contribution in [0.1, 0.15) is 16.2 Å². The van der Waals surface area contributed by atoms with Gasteiger partial charge in [0.15, 0.2) is 0 Å². The number of aromatic nitrogens is 2. The zero-order valence-corrected chi connectivity index (χ0v) is 12.0. The van der Waals surface area contributed by atoms with Gasteiger partial charge in [0, 0.05) is 31.0 Å². The number of nitrogen functional groups attached to an aromatic ring is 1. The molecule has 104 valence electrons. The van der Waals surface area contributed by atoms with Crippen molar-refractivity contribution < 1.29 is 4.79 Å². The monoisotopic (exact) mass is 310 g/mol. The maximum atomic E-state index is 12.5. The van der Waals surface area contributed by atoms with Crippen molar-refractivity contribution in [2.24, 2.45) is 0 Å². The molecule has 1 amide bonds. The molecule has 0 radical (unpaired) electrons. The summed E-state index contributed by atoms with van der Waals surface area (Å²) in [7, 11) is 0. The van der Waals surface area contributed by atoms with E-state index in [1.54, 1.807) is 23.2 Å². The van der Waals surface area contributed by atoms with Gasteiger partial charge in [-0.2, -0.15) is 0 Å². The van der Waals surface area contributed by atoms with Crippen LogP contribution < -0.4 is 5.73 Å². The summed E-state index contributed by atoms with van der Waals surface area (Å²) in [6.07, 6.45) is 3.65. The Morgan fingerprint density at radius 2 is 1.95 bits per heavy atom. The molecule has 0 bridgehead atoms. The Morgan fingerprint density at radius 1 is 1.25 bits per heavy atom. The van der Waals surface area contributed by atoms with Gasteiger partial charge in [0.1, 0.15) is 5.82 Å². The number of rotatable bonds is 1. The average Bonchev–Trinajstić information content (AvgIpc) is 2.90. The topological polar surface area (TPSA) is 64.2 Å². The first kappa shape index (κ1) is 13.3. The lowest BCUT2D eigenvalue weighted by Crippen LogP contribution is -2.38. The largest absolute Gasteiger partial charge is 0.396 e. The van der Waals surface area contributed by atoms with E-state index >= 15 is 0 Å². The van der Waals surface area contributed by atoms with Crippen molar-refractivity contribution in [2.75, 3.05) is 12.3 Å². The standard InChI is InChI=1S/C13H12Cl2N4O/c14-9-5-8(6-10(15)12(9)16)13(20)19-4-3-18-2-1-17-11(18)7-19/h1-2,5-6H,3-4,7,16H2. The van der Waals surface area contributed by atoms with E-state index in [2.05, 4.69) is 4.98 Å². The van der Waals surface area contributed by atoms with Gasteiger partial charge in [-0.1, -0.05) is 23.2 Å². The van der Waals surface area contributed by atoms with Crippen molar-refractivity contribution in [2.45, 2.75) is 13.1 Å². The van der Waals surface area contributed by atoms with Crippen LogP contribution in [0.4, 0.5) is 5.69 Å². The van der Waals surface area contributed by atoms with E-state index in [1.165, 1.54) is 0 Å². The highest BCUT2D eigenvalue weighted by Crippen LogP contribution is 2.29. The van der Waals surface area contributed by atoms with Crippen molar-refractivity contribution in [3.05, 3.63) is 46.0 Å². The number of nitrogens with two attached hydrogens (primary N) is 1. The molecule has 0 atom stereocenters. The van der Waals surface area contributed by atoms with Crippen molar-refractivity contribution in [3.63, 3.8) is 0 Å². The van der Waals surface area contributed by atoms with Crippen LogP contribution in [0.2, 0.25) is 10.0 Å². The molecule has 2 N–H and O–H groups in total. The number of imidazole rings is 1. The second kappa shape index (κ2) is 5.00. The zero-order chi connectivity index (χ0) is 14.3. The predicted molar refractivity (Wildman–Crippen MR) is 77.8 cm³/mol. The fourth-order valence-corrected chi connectivity index (χ4v) is 2.72. The number of fused-ring (bicyclic) bond motifs is 1. The third-order valence-corrected chi connectivity index (χ3v) is 3.98. The summed E-state index contributed by atoms with van der Waals surface area (Å²) in [5.41, 5.74) is 6.41. The van der Waals surface area contributed by atoms with Crippen LogP contribution in [0.25, 0.3) is 0 Å². The highest BCUT2D eigenvalue weighted by atomic mass is 35.5. The molecule has 0 unspecified atom stereocenters. The molecule has 0 fully saturated rings. The van der Waals surface area contributed by atoms with E-state index < -0.39 is 0 Å². The second-order valence-corrected chi connectivity index (χ2v) is 5.43. The summed E-state index contributed by atoms with van der Waals surface area (Å²) in [6, 6.07) is 3.10. The number of hydrogen-bond acceptors (Lipinski definition) is 3. The van der Waals surface area contributed by atoms with Gasteiger partial charge in [-0.05, 0) is 12.1 Å². The Kier molecular flexibility index (Phi) is 3.31. The van der Waals surface area contributed by atoms with E-state index in [1.807, 2.05) is 10.8 Å². The van der Waals surface area contributed by atoms with E-state index in [4.69, 9.17) is 28.9 Å². The Bertz CT molecular complexity index is 660. The third-order valence-electron chi connectivity index (χ3n) is 3.36. The van der Waals surface area contributed by atoms with Gasteiger partial charge in [0.25, 0.3) is 5.91 Å². The van der Waals surface area contributed by atoms with Crippen molar-refractivity contribution in [1.29, 1.82) is 0 Å². The van der Waals surface area contributed by atoms with Crippen molar-refractivity contribution >= 4 is 34.8 Å². The summed E-state index contributed by atoms with van der Waals surface area (Å²) < 4.78 is 2.03. The van der Waals surface area contributed by atoms with Gasteiger partial charge >= 0.3 is 0 Å². The first-order chi connectivity index (χ1) is 9.56. The molecule has 1 aromatic carbocycles. The second-order valence-electron chi connectivity index (χ2n) is 4.62. The van der Waals surface area contributed by atoms with Crippen molar-refractivity contribution in [1.82, 2.24) is 14.5 Å². The van der Waals surface area contributed by atoms with E-state index in [-0.39, 0.29) is 5.91 Å². The van der Waals surface area contributed by atoms with Crippen molar-refractivity contribution in [3.8, 4) is 0 Å². The van der Waals surface area contributed by atoms with Crippen LogP contribution in [0.5, 0.6) is 0 Å². The zero-order valence-electron chi connectivity index (χ0n) is 10.5. The minimum absolute atomic E-state index is 0.122. The molecule has 0 saturated carbocycles. The van der Waals surface area contributed by atoms with Crippen LogP contribution in [-0.2, 0) is 13.1 Å². The van der Waals surface area contributed by atoms with E-state index in [0.717, 1.165) is 12.4 Å². The number of benzene rings is 1. The Morgan fingerprint density at radius 3 is 2.65 bits per heavy atom. The van der Waals surface area contributed by atoms with Crippen LogP contribution >= 0.6 is 23.2 Å². The minimum Gasteiger partial charge on any atom is -0.396 e. The number of hydrogen-bond donors (Lipinski definition) is 1. The Balaban J connectivity index is 1.87. The summed E-state index contributed by atoms with van der Waals surface area (Å²) in [6.45, 7) is 1.84. The fourth-order valence-electron chi connectivity index (χ4n) is 2.24. The number of carbonyl (C=O) groups is 1. The third kappa shape index (κ3) is 2.23. The normalized spacial score (nSPS) is 14.2. The predicted octanol–water partition coefficient (Wildman–Crippen LogP) is 2.43. The van der Waals surface area contributed by atoms with Gasteiger partial charge in [-0.3, -0.25) is 4.79 Å². The van der Waals surface area contributed by atoms with Gasteiger partial charge in [-0.15, -0.1) is 0 Å². The lowest BCUT2D eigenvalue weighted by Gasteiger charge is -2.28. The average molecular weight is 311 g/mol. The molecule has 20 heavy (non-hydrogen) atoms. The first-order valence-electron chi connectivity index (χ1n) is 6.10. The molecule has 5 nitrogen and oxygen atoms in total. The highest BCUT2D eigenvalue weighted by molar-refractivity contribution is 6.39. The van der Waals surface area contributed by atoms with E-state index in [9.17, 15) is 4.79 Å². The molecular weight excluding hydrogens is 299 g/mol. The lowest BCUT2D eigenvalue weighted by molar-refractivity contribution is 0.0707. The molecule has 0 spiro atoms. The molecule has 0 aliphatic carbocycles. The first-order valence-corrected chi connectivity index (χ1v) is 6.85. The molecule has 2 heterocycles. The molecule has 3 rings (SSSR count). The summed E-state index contributed by atoms with van der Waals surface area (Å²) >= 11 is 11.9. The van der Waals surface area contributed by atoms with Crippen LogP contribution in [0, 0.1) is 0 Å². The number of anilines is 1. The Hall–Kier alpha value is -1.72. The number of nitrogens with zero attached hydrogens (tertiary/aromatic N) is 3. The van der Waals surface area contributed by atoms with Gasteiger partial charge < -0.3 is 15.2 Å². The van der Waals surface area contributed by atoms with E-state index in [0.29, 0.717) is 34.4 Å². The minimum atomic E-state index is -0.122. The SMILES string of the molecule is Nc1c(Cl)cc(C(=O)N2CCn3ccnc3C2)cc1Cl. The lowest BCUT2D eigenvalue weighted by atomic mass is 10.1. The Labute approximate surface area is 125 Å². The molecule has 0 saturated heterocycles. The quantitative estimate of drug-likeness (QED) is 0.823. The maximum Gasteiger partial charge on any atom is 0.254 e. The van der Waals surface area contributed by atoms with Crippen LogP contribution in [0.15, 0.2) is 24.5 Å². The fraction of sp³-hybridized carbons (Fsp3) is 0.231. The number of carbonyl (C=O) groups excluding carboxylic acids is 1. The molecular formula is C13H12Cl2N4O. The van der Waals surface area contributed by atoms with Gasteiger partial charge in [0.2, 0.25) is 0 Å². The summed E-state index contributed by atoms with van der Waals surface area (Å²) in [5.74, 6) is 0.750. The van der Waals surface area contributed by atoms with Gasteiger partial charge in [0.05, 0.1) is 22.3 Å². The maximum absolute atomic E-state index is 12.5. The van der Waals surface area contributed by atoms with Gasteiger partial charge in [-0.25, -0.2) is 4.98 Å². The molecule has 1 aromatic heterocycles. The molecule has 1 aliphatic heterocycles. The molecule has 2 aromatic rings. The molecule has 7 heteroatoms. The number of amides is 1. The summed E-state index contributed by atoms with van der Waals surface area (Å²) in [4.78, 5) is 18.4. The summed E-state index contributed by atoms with van der Waals surface area (Å²) in [5, 5.41) is 0.582.